The van der Waals surface area contributed by atoms with Crippen LogP contribution in [-0.2, 0) is 4.79 Å². The molecular weight excluding hydrogens is 232 g/mol. The molecule has 5 heteroatoms. The highest BCUT2D eigenvalue weighted by atomic mass is 16.4. The zero-order valence-electron chi connectivity index (χ0n) is 11.4. The molecule has 5 nitrogen and oxygen atoms in total. The molecule has 0 heterocycles. The van der Waals surface area contributed by atoms with Crippen molar-refractivity contribution in [1.82, 2.24) is 10.6 Å². The summed E-state index contributed by atoms with van der Waals surface area (Å²) in [5.74, 6) is -0.327. The molecule has 0 aliphatic carbocycles. The lowest BCUT2D eigenvalue weighted by Crippen LogP contribution is -2.40. The van der Waals surface area contributed by atoms with Gasteiger partial charge in [0.25, 0.3) is 0 Å². The molecule has 2 amide bonds. The zero-order chi connectivity index (χ0) is 14.0. The Labute approximate surface area is 109 Å². The summed E-state index contributed by atoms with van der Waals surface area (Å²) in [5, 5.41) is 13.7. The molecule has 0 aromatic rings. The van der Waals surface area contributed by atoms with E-state index in [1.165, 1.54) is 6.08 Å². The van der Waals surface area contributed by atoms with Gasteiger partial charge in [-0.25, -0.2) is 9.59 Å². The number of amides is 2. The second-order valence-corrected chi connectivity index (χ2v) is 4.82. The number of hydrogen-bond acceptors (Lipinski definition) is 2. The number of rotatable bonds is 8. The Morgan fingerprint density at radius 1 is 1.22 bits per heavy atom. The van der Waals surface area contributed by atoms with Gasteiger partial charge in [-0.3, -0.25) is 0 Å². The Hall–Kier alpha value is -1.52. The predicted molar refractivity (Wildman–Crippen MR) is 71.5 cm³/mol. The van der Waals surface area contributed by atoms with Gasteiger partial charge in [0.05, 0.1) is 0 Å². The number of aliphatic carboxylic acids is 1. The Bertz CT molecular complexity index is 288. The topological polar surface area (TPSA) is 78.4 Å². The first-order valence-corrected chi connectivity index (χ1v) is 6.35. The number of carbonyl (C=O) groups excluding carboxylic acids is 1. The van der Waals surface area contributed by atoms with Gasteiger partial charge in [0.2, 0.25) is 0 Å². The molecule has 18 heavy (non-hydrogen) atoms. The minimum atomic E-state index is -1.01. The second-order valence-electron chi connectivity index (χ2n) is 4.82. The Morgan fingerprint density at radius 3 is 2.44 bits per heavy atom. The summed E-state index contributed by atoms with van der Waals surface area (Å²) in [7, 11) is 0. The third-order valence-corrected chi connectivity index (χ3v) is 2.44. The van der Waals surface area contributed by atoms with Crippen molar-refractivity contribution < 1.29 is 14.7 Å². The number of nitrogens with one attached hydrogen (secondary N) is 2. The zero-order valence-corrected chi connectivity index (χ0v) is 11.4. The van der Waals surface area contributed by atoms with Crippen LogP contribution in [0.4, 0.5) is 4.79 Å². The maximum atomic E-state index is 11.4. The first-order chi connectivity index (χ1) is 8.41. The SMILES string of the molecule is CC(C)CCCC(C)NC(=O)NC/C=C/C(=O)O. The Balaban J connectivity index is 3.64. The van der Waals surface area contributed by atoms with Crippen LogP contribution in [0.15, 0.2) is 12.2 Å². The number of carboxylic acid groups (broad SMARTS) is 1. The van der Waals surface area contributed by atoms with Crippen LogP contribution in [0.1, 0.15) is 40.0 Å². The van der Waals surface area contributed by atoms with Crippen molar-refractivity contribution >= 4 is 12.0 Å². The molecule has 0 aliphatic heterocycles. The monoisotopic (exact) mass is 256 g/mol. The summed E-state index contributed by atoms with van der Waals surface area (Å²) in [6, 6.07) is -0.130. The van der Waals surface area contributed by atoms with Gasteiger partial charge < -0.3 is 15.7 Å². The fourth-order valence-electron chi connectivity index (χ4n) is 1.49. The van der Waals surface area contributed by atoms with Crippen LogP contribution in [0.2, 0.25) is 0 Å². The standard InChI is InChI=1S/C13H24N2O3/c1-10(2)6-4-7-11(3)15-13(18)14-9-5-8-12(16)17/h5,8,10-11H,4,6-7,9H2,1-3H3,(H,16,17)(H2,14,15,18)/b8-5+. The highest BCUT2D eigenvalue weighted by molar-refractivity contribution is 5.80. The molecule has 3 N–H and O–H groups in total. The third-order valence-electron chi connectivity index (χ3n) is 2.44. The molecule has 0 fully saturated rings. The van der Waals surface area contributed by atoms with Gasteiger partial charge in [-0.1, -0.05) is 32.8 Å². The molecule has 104 valence electrons. The second kappa shape index (κ2) is 9.50. The number of carboxylic acids is 1. The smallest absolute Gasteiger partial charge is 0.328 e. The van der Waals surface area contributed by atoms with Crippen molar-refractivity contribution in [3.05, 3.63) is 12.2 Å². The van der Waals surface area contributed by atoms with Gasteiger partial charge in [-0.15, -0.1) is 0 Å². The van der Waals surface area contributed by atoms with E-state index >= 15 is 0 Å². The molecule has 0 saturated heterocycles. The van der Waals surface area contributed by atoms with Crippen LogP contribution < -0.4 is 10.6 Å². The minimum absolute atomic E-state index is 0.132. The summed E-state index contributed by atoms with van der Waals surface area (Å²) >= 11 is 0. The number of carbonyl (C=O) groups is 2. The van der Waals surface area contributed by atoms with Gasteiger partial charge in [0.1, 0.15) is 0 Å². The molecule has 0 aromatic heterocycles. The Kier molecular flexibility index (Phi) is 8.70. The predicted octanol–water partition coefficient (Wildman–Crippen LogP) is 2.14. The largest absolute Gasteiger partial charge is 0.478 e. The lowest BCUT2D eigenvalue weighted by molar-refractivity contribution is -0.131. The lowest BCUT2D eigenvalue weighted by Gasteiger charge is -2.14. The van der Waals surface area contributed by atoms with E-state index in [0.717, 1.165) is 25.3 Å². The first-order valence-electron chi connectivity index (χ1n) is 6.35. The fourth-order valence-corrected chi connectivity index (χ4v) is 1.49. The molecule has 0 radical (unpaired) electrons. The van der Waals surface area contributed by atoms with Crippen LogP contribution in [0.5, 0.6) is 0 Å². The molecule has 0 saturated carbocycles. The average molecular weight is 256 g/mol. The number of hydrogen-bond donors (Lipinski definition) is 3. The molecule has 0 bridgehead atoms. The minimum Gasteiger partial charge on any atom is -0.478 e. The van der Waals surface area contributed by atoms with E-state index in [-0.39, 0.29) is 18.6 Å². The maximum absolute atomic E-state index is 11.4. The van der Waals surface area contributed by atoms with Gasteiger partial charge in [0.15, 0.2) is 0 Å². The van der Waals surface area contributed by atoms with Crippen LogP contribution in [0.25, 0.3) is 0 Å². The summed E-state index contributed by atoms with van der Waals surface area (Å²) in [6.45, 7) is 6.54. The molecule has 1 unspecified atom stereocenters. The van der Waals surface area contributed by atoms with Gasteiger partial charge in [-0.05, 0) is 19.3 Å². The van der Waals surface area contributed by atoms with E-state index in [4.69, 9.17) is 5.11 Å². The van der Waals surface area contributed by atoms with Crippen LogP contribution in [0, 0.1) is 5.92 Å². The van der Waals surface area contributed by atoms with E-state index in [1.54, 1.807) is 0 Å². The maximum Gasteiger partial charge on any atom is 0.328 e. The average Bonchev–Trinajstić information content (AvgIpc) is 2.23. The molecule has 0 spiro atoms. The third kappa shape index (κ3) is 11.0. The van der Waals surface area contributed by atoms with Crippen LogP contribution >= 0.6 is 0 Å². The van der Waals surface area contributed by atoms with Crippen molar-refractivity contribution in [1.29, 1.82) is 0 Å². The van der Waals surface area contributed by atoms with Gasteiger partial charge in [-0.2, -0.15) is 0 Å². The van der Waals surface area contributed by atoms with Crippen molar-refractivity contribution in [2.24, 2.45) is 5.92 Å². The van der Waals surface area contributed by atoms with E-state index < -0.39 is 5.97 Å². The highest BCUT2D eigenvalue weighted by Gasteiger charge is 2.06. The van der Waals surface area contributed by atoms with Crippen molar-refractivity contribution in [2.45, 2.75) is 46.1 Å². The summed E-state index contributed by atoms with van der Waals surface area (Å²) < 4.78 is 0. The summed E-state index contributed by atoms with van der Waals surface area (Å²) in [6.07, 6.45) is 5.61. The normalized spacial score (nSPS) is 12.7. The Morgan fingerprint density at radius 2 is 1.89 bits per heavy atom. The van der Waals surface area contributed by atoms with E-state index in [2.05, 4.69) is 24.5 Å². The molecule has 0 rings (SSSR count). The first kappa shape index (κ1) is 16.5. The molecule has 0 aromatic carbocycles. The fraction of sp³-hybridized carbons (Fsp3) is 0.692. The summed E-state index contributed by atoms with van der Waals surface area (Å²) in [4.78, 5) is 21.6. The lowest BCUT2D eigenvalue weighted by atomic mass is 10.0. The van der Waals surface area contributed by atoms with E-state index in [1.807, 2.05) is 6.92 Å². The van der Waals surface area contributed by atoms with Crippen molar-refractivity contribution in [3.8, 4) is 0 Å². The highest BCUT2D eigenvalue weighted by Crippen LogP contribution is 2.07. The van der Waals surface area contributed by atoms with Crippen LogP contribution in [0.3, 0.4) is 0 Å². The van der Waals surface area contributed by atoms with Crippen molar-refractivity contribution in [3.63, 3.8) is 0 Å². The summed E-state index contributed by atoms with van der Waals surface area (Å²) in [5.41, 5.74) is 0. The number of urea groups is 1. The molecule has 1 atom stereocenters. The quantitative estimate of drug-likeness (QED) is 0.582. The van der Waals surface area contributed by atoms with E-state index in [9.17, 15) is 9.59 Å². The van der Waals surface area contributed by atoms with Crippen molar-refractivity contribution in [2.75, 3.05) is 6.54 Å². The van der Waals surface area contributed by atoms with E-state index in [0.29, 0.717) is 5.92 Å². The van der Waals surface area contributed by atoms with Crippen LogP contribution in [-0.4, -0.2) is 29.7 Å². The molecule has 0 aliphatic rings. The molecular formula is C13H24N2O3. The van der Waals surface area contributed by atoms with Gasteiger partial charge >= 0.3 is 12.0 Å². The van der Waals surface area contributed by atoms with Gasteiger partial charge in [0, 0.05) is 18.7 Å².